The second kappa shape index (κ2) is 7.53. The molecular weight excluding hydrogens is 202 g/mol. The second-order valence-corrected chi connectivity index (χ2v) is 5.55. The molecule has 1 amide bonds. The van der Waals surface area contributed by atoms with Crippen molar-refractivity contribution in [3.05, 3.63) is 0 Å². The standard InChI is InChI=1S/C13H27NO2/c1-6-7-10-14(5)12(15)16-11-8-9-13(2,3)4/h6-11H2,1-5H3. The van der Waals surface area contributed by atoms with Crippen molar-refractivity contribution in [1.29, 1.82) is 0 Å². The molecule has 96 valence electrons. The van der Waals surface area contributed by atoms with Gasteiger partial charge in [-0.1, -0.05) is 34.1 Å². The fraction of sp³-hybridized carbons (Fsp3) is 0.923. The Morgan fingerprint density at radius 2 is 1.88 bits per heavy atom. The lowest BCUT2D eigenvalue weighted by atomic mass is 9.91. The minimum absolute atomic E-state index is 0.192. The smallest absolute Gasteiger partial charge is 0.409 e. The molecule has 0 aromatic carbocycles. The molecule has 0 aromatic rings. The molecule has 0 aliphatic carbocycles. The number of amides is 1. The van der Waals surface area contributed by atoms with Crippen LogP contribution < -0.4 is 0 Å². The van der Waals surface area contributed by atoms with E-state index in [9.17, 15) is 4.79 Å². The van der Waals surface area contributed by atoms with Gasteiger partial charge in [0, 0.05) is 13.6 Å². The van der Waals surface area contributed by atoms with Crippen LogP contribution in [0, 0.1) is 5.41 Å². The number of hydrogen-bond donors (Lipinski definition) is 0. The van der Waals surface area contributed by atoms with E-state index in [1.54, 1.807) is 11.9 Å². The monoisotopic (exact) mass is 229 g/mol. The lowest BCUT2D eigenvalue weighted by molar-refractivity contribution is 0.106. The molecule has 0 atom stereocenters. The summed E-state index contributed by atoms with van der Waals surface area (Å²) >= 11 is 0. The van der Waals surface area contributed by atoms with Gasteiger partial charge in [0.1, 0.15) is 0 Å². The SMILES string of the molecule is CCCCN(C)C(=O)OCCCC(C)(C)C. The third-order valence-electron chi connectivity index (χ3n) is 2.46. The Kier molecular flexibility index (Phi) is 7.18. The lowest BCUT2D eigenvalue weighted by Gasteiger charge is -2.19. The molecule has 0 heterocycles. The molecule has 3 heteroatoms. The van der Waals surface area contributed by atoms with E-state index >= 15 is 0 Å². The summed E-state index contributed by atoms with van der Waals surface area (Å²) in [5, 5.41) is 0. The number of unbranched alkanes of at least 4 members (excludes halogenated alkanes) is 1. The average molecular weight is 229 g/mol. The van der Waals surface area contributed by atoms with Gasteiger partial charge in [-0.05, 0) is 24.7 Å². The van der Waals surface area contributed by atoms with Crippen molar-refractivity contribution in [2.45, 2.75) is 53.4 Å². The van der Waals surface area contributed by atoms with Crippen molar-refractivity contribution in [2.75, 3.05) is 20.2 Å². The minimum atomic E-state index is -0.192. The number of carbonyl (C=O) groups excluding carboxylic acids is 1. The molecular formula is C13H27NO2. The van der Waals surface area contributed by atoms with Gasteiger partial charge in [0.2, 0.25) is 0 Å². The van der Waals surface area contributed by atoms with Gasteiger partial charge in [-0.15, -0.1) is 0 Å². The third kappa shape index (κ3) is 8.57. The molecule has 0 spiro atoms. The zero-order valence-corrected chi connectivity index (χ0v) is 11.5. The normalized spacial score (nSPS) is 11.3. The number of nitrogens with zero attached hydrogens (tertiary/aromatic N) is 1. The van der Waals surface area contributed by atoms with Crippen LogP contribution in [-0.4, -0.2) is 31.2 Å². The van der Waals surface area contributed by atoms with Crippen molar-refractivity contribution >= 4 is 6.09 Å². The van der Waals surface area contributed by atoms with Gasteiger partial charge in [-0.25, -0.2) is 4.79 Å². The lowest BCUT2D eigenvalue weighted by Crippen LogP contribution is -2.28. The highest BCUT2D eigenvalue weighted by atomic mass is 16.6. The van der Waals surface area contributed by atoms with Crippen molar-refractivity contribution in [1.82, 2.24) is 4.90 Å². The maximum atomic E-state index is 11.5. The molecule has 0 rings (SSSR count). The van der Waals surface area contributed by atoms with Gasteiger partial charge in [0.05, 0.1) is 6.61 Å². The first-order valence-electron chi connectivity index (χ1n) is 6.24. The summed E-state index contributed by atoms with van der Waals surface area (Å²) in [5.74, 6) is 0. The maximum absolute atomic E-state index is 11.5. The Morgan fingerprint density at radius 3 is 2.38 bits per heavy atom. The Labute approximate surface area is 100 Å². The Morgan fingerprint density at radius 1 is 1.25 bits per heavy atom. The van der Waals surface area contributed by atoms with E-state index in [0.29, 0.717) is 12.0 Å². The first-order chi connectivity index (χ1) is 7.37. The van der Waals surface area contributed by atoms with Crippen molar-refractivity contribution in [3.63, 3.8) is 0 Å². The average Bonchev–Trinajstić information content (AvgIpc) is 2.19. The summed E-state index contributed by atoms with van der Waals surface area (Å²) in [6.45, 7) is 10.0. The topological polar surface area (TPSA) is 29.5 Å². The molecule has 0 aliphatic heterocycles. The van der Waals surface area contributed by atoms with Crippen LogP contribution in [0.5, 0.6) is 0 Å². The Balaban J connectivity index is 3.57. The predicted octanol–water partition coefficient (Wildman–Crippen LogP) is 3.68. The Bertz CT molecular complexity index is 197. The fourth-order valence-electron chi connectivity index (χ4n) is 1.36. The molecule has 0 saturated carbocycles. The largest absolute Gasteiger partial charge is 0.449 e. The summed E-state index contributed by atoms with van der Waals surface area (Å²) in [6.07, 6.45) is 3.97. The number of hydrogen-bond acceptors (Lipinski definition) is 2. The van der Waals surface area contributed by atoms with Gasteiger partial charge in [-0.2, -0.15) is 0 Å². The van der Waals surface area contributed by atoms with Crippen LogP contribution in [0.25, 0.3) is 0 Å². The highest BCUT2D eigenvalue weighted by Crippen LogP contribution is 2.20. The summed E-state index contributed by atoms with van der Waals surface area (Å²) in [4.78, 5) is 13.1. The predicted molar refractivity (Wildman–Crippen MR) is 67.6 cm³/mol. The highest BCUT2D eigenvalue weighted by molar-refractivity contribution is 5.67. The van der Waals surface area contributed by atoms with Crippen LogP contribution in [0.1, 0.15) is 53.4 Å². The molecule has 0 unspecified atom stereocenters. The van der Waals surface area contributed by atoms with E-state index in [-0.39, 0.29) is 6.09 Å². The summed E-state index contributed by atoms with van der Waals surface area (Å²) in [7, 11) is 1.79. The van der Waals surface area contributed by atoms with E-state index in [1.807, 2.05) is 0 Å². The molecule has 0 aliphatic rings. The summed E-state index contributed by atoms with van der Waals surface area (Å²) in [5.41, 5.74) is 0.320. The van der Waals surface area contributed by atoms with Gasteiger partial charge < -0.3 is 9.64 Å². The first kappa shape index (κ1) is 15.3. The van der Waals surface area contributed by atoms with Gasteiger partial charge in [0.25, 0.3) is 0 Å². The highest BCUT2D eigenvalue weighted by Gasteiger charge is 2.12. The Hall–Kier alpha value is -0.730. The molecule has 3 nitrogen and oxygen atoms in total. The van der Waals surface area contributed by atoms with Gasteiger partial charge in [-0.3, -0.25) is 0 Å². The number of carbonyl (C=O) groups is 1. The van der Waals surface area contributed by atoms with Crippen molar-refractivity contribution in [2.24, 2.45) is 5.41 Å². The summed E-state index contributed by atoms with van der Waals surface area (Å²) < 4.78 is 5.18. The zero-order chi connectivity index (χ0) is 12.6. The van der Waals surface area contributed by atoms with Gasteiger partial charge in [0.15, 0.2) is 0 Å². The molecule has 0 saturated heterocycles. The van der Waals surface area contributed by atoms with Crippen LogP contribution >= 0.6 is 0 Å². The third-order valence-corrected chi connectivity index (χ3v) is 2.46. The number of ether oxygens (including phenoxy) is 1. The zero-order valence-electron chi connectivity index (χ0n) is 11.5. The van der Waals surface area contributed by atoms with E-state index in [0.717, 1.165) is 32.2 Å². The first-order valence-corrected chi connectivity index (χ1v) is 6.24. The van der Waals surface area contributed by atoms with Crippen LogP contribution in [-0.2, 0) is 4.74 Å². The maximum Gasteiger partial charge on any atom is 0.409 e. The second-order valence-electron chi connectivity index (χ2n) is 5.55. The quantitative estimate of drug-likeness (QED) is 0.650. The summed E-state index contributed by atoms with van der Waals surface area (Å²) in [6, 6.07) is 0. The van der Waals surface area contributed by atoms with Crippen LogP contribution in [0.3, 0.4) is 0 Å². The molecule has 0 fully saturated rings. The molecule has 0 N–H and O–H groups in total. The fourth-order valence-corrected chi connectivity index (χ4v) is 1.36. The molecule has 0 aromatic heterocycles. The van der Waals surface area contributed by atoms with Crippen LogP contribution in [0.2, 0.25) is 0 Å². The van der Waals surface area contributed by atoms with Crippen LogP contribution in [0.4, 0.5) is 4.79 Å². The molecule has 16 heavy (non-hydrogen) atoms. The minimum Gasteiger partial charge on any atom is -0.449 e. The van der Waals surface area contributed by atoms with E-state index < -0.39 is 0 Å². The van der Waals surface area contributed by atoms with Gasteiger partial charge >= 0.3 is 6.09 Å². The molecule has 0 radical (unpaired) electrons. The van der Waals surface area contributed by atoms with Crippen molar-refractivity contribution < 1.29 is 9.53 Å². The van der Waals surface area contributed by atoms with E-state index in [1.165, 1.54) is 0 Å². The molecule has 0 bridgehead atoms. The number of rotatable bonds is 6. The van der Waals surface area contributed by atoms with Crippen LogP contribution in [0.15, 0.2) is 0 Å². The van der Waals surface area contributed by atoms with Crippen molar-refractivity contribution in [3.8, 4) is 0 Å². The van der Waals surface area contributed by atoms with E-state index in [4.69, 9.17) is 4.74 Å². The van der Waals surface area contributed by atoms with E-state index in [2.05, 4.69) is 27.7 Å².